The number of hydrogen-bond donors (Lipinski definition) is 1. The number of esters is 1. The zero-order valence-corrected chi connectivity index (χ0v) is 20.9. The molecule has 0 radical (unpaired) electrons. The lowest BCUT2D eigenvalue weighted by Crippen LogP contribution is -2.36. The predicted molar refractivity (Wildman–Crippen MR) is 141 cm³/mol. The van der Waals surface area contributed by atoms with Crippen molar-refractivity contribution in [1.82, 2.24) is 9.88 Å². The third kappa shape index (κ3) is 7.91. The topological polar surface area (TPSA) is 71.5 Å². The maximum atomic E-state index is 13.1. The molecule has 0 bridgehead atoms. The average molecular weight is 534 g/mol. The Morgan fingerprint density at radius 3 is 2.23 bits per heavy atom. The summed E-state index contributed by atoms with van der Waals surface area (Å²) in [7, 11) is 0. The van der Waals surface area contributed by atoms with Crippen LogP contribution < -0.4 is 5.32 Å². The molecule has 0 fully saturated rings. The van der Waals surface area contributed by atoms with Crippen LogP contribution in [0.3, 0.4) is 0 Å². The SMILES string of the molecule is O=C(OCC(=O)N(CCc1ccccc1)Cc1ccccc1)c1cccnc1Nc1cccc(C(F)(F)F)c1. The Morgan fingerprint density at radius 2 is 1.54 bits per heavy atom. The van der Waals surface area contributed by atoms with Crippen molar-refractivity contribution in [3.63, 3.8) is 0 Å². The maximum absolute atomic E-state index is 13.1. The van der Waals surface area contributed by atoms with Gasteiger partial charge in [-0.3, -0.25) is 4.79 Å². The van der Waals surface area contributed by atoms with E-state index < -0.39 is 24.3 Å². The molecule has 6 nitrogen and oxygen atoms in total. The maximum Gasteiger partial charge on any atom is 0.416 e. The Kier molecular flexibility index (Phi) is 8.94. The molecule has 1 N–H and O–H groups in total. The van der Waals surface area contributed by atoms with Gasteiger partial charge in [-0.15, -0.1) is 0 Å². The van der Waals surface area contributed by atoms with Gasteiger partial charge in [-0.1, -0.05) is 66.7 Å². The molecule has 1 aromatic heterocycles. The number of pyridine rings is 1. The van der Waals surface area contributed by atoms with E-state index >= 15 is 0 Å². The first kappa shape index (κ1) is 27.4. The van der Waals surface area contributed by atoms with Gasteiger partial charge in [0.05, 0.1) is 5.56 Å². The second-order valence-electron chi connectivity index (χ2n) is 8.72. The molecular formula is C30H26F3N3O3. The third-order valence-corrected chi connectivity index (χ3v) is 5.89. The highest BCUT2D eigenvalue weighted by atomic mass is 19.4. The zero-order valence-electron chi connectivity index (χ0n) is 20.9. The minimum absolute atomic E-state index is 0.0124. The summed E-state index contributed by atoms with van der Waals surface area (Å²) < 4.78 is 44.6. The molecule has 1 amide bonds. The van der Waals surface area contributed by atoms with Gasteiger partial charge in [-0.05, 0) is 47.9 Å². The second kappa shape index (κ2) is 12.7. The van der Waals surface area contributed by atoms with Gasteiger partial charge in [0.1, 0.15) is 11.4 Å². The Labute approximate surface area is 224 Å². The number of carbonyl (C=O) groups is 2. The summed E-state index contributed by atoms with van der Waals surface area (Å²) in [5.41, 5.74) is 1.25. The van der Waals surface area contributed by atoms with Crippen LogP contribution >= 0.6 is 0 Å². The first-order valence-corrected chi connectivity index (χ1v) is 12.2. The van der Waals surface area contributed by atoms with Crippen LogP contribution in [0.25, 0.3) is 0 Å². The molecule has 200 valence electrons. The fourth-order valence-electron chi connectivity index (χ4n) is 3.88. The summed E-state index contributed by atoms with van der Waals surface area (Å²) in [6.45, 7) is 0.266. The number of carbonyl (C=O) groups excluding carboxylic acids is 2. The highest BCUT2D eigenvalue weighted by Gasteiger charge is 2.30. The number of ether oxygens (including phenoxy) is 1. The van der Waals surface area contributed by atoms with E-state index in [1.807, 2.05) is 60.7 Å². The summed E-state index contributed by atoms with van der Waals surface area (Å²) in [5, 5.41) is 2.74. The van der Waals surface area contributed by atoms with E-state index in [0.29, 0.717) is 19.5 Å². The van der Waals surface area contributed by atoms with E-state index in [1.165, 1.54) is 30.5 Å². The lowest BCUT2D eigenvalue weighted by molar-refractivity contribution is -0.137. The fourth-order valence-corrected chi connectivity index (χ4v) is 3.88. The number of nitrogens with one attached hydrogen (secondary N) is 1. The summed E-state index contributed by atoms with van der Waals surface area (Å²) >= 11 is 0. The lowest BCUT2D eigenvalue weighted by atomic mass is 10.1. The molecule has 0 saturated heterocycles. The van der Waals surface area contributed by atoms with E-state index in [2.05, 4.69) is 10.3 Å². The van der Waals surface area contributed by atoms with Crippen LogP contribution in [-0.4, -0.2) is 34.9 Å². The second-order valence-corrected chi connectivity index (χ2v) is 8.72. The average Bonchev–Trinajstić information content (AvgIpc) is 2.95. The lowest BCUT2D eigenvalue weighted by Gasteiger charge is -2.23. The Morgan fingerprint density at radius 1 is 0.846 bits per heavy atom. The summed E-state index contributed by atoms with van der Waals surface area (Å²) in [5.74, 6) is -1.19. The van der Waals surface area contributed by atoms with Crippen LogP contribution in [-0.2, 0) is 28.7 Å². The minimum Gasteiger partial charge on any atom is -0.452 e. The number of nitrogens with zero attached hydrogens (tertiary/aromatic N) is 2. The Balaban J connectivity index is 1.43. The molecule has 0 aliphatic carbocycles. The number of halogens is 3. The summed E-state index contributed by atoms with van der Waals surface area (Å²) in [6.07, 6.45) is -2.50. The van der Waals surface area contributed by atoms with Gasteiger partial charge in [0.2, 0.25) is 0 Å². The van der Waals surface area contributed by atoms with Crippen molar-refractivity contribution in [2.24, 2.45) is 0 Å². The smallest absolute Gasteiger partial charge is 0.416 e. The molecule has 4 rings (SSSR count). The van der Waals surface area contributed by atoms with Gasteiger partial charge in [-0.25, -0.2) is 9.78 Å². The molecule has 3 aromatic carbocycles. The first-order chi connectivity index (χ1) is 18.8. The molecule has 0 spiro atoms. The van der Waals surface area contributed by atoms with E-state index in [1.54, 1.807) is 4.90 Å². The van der Waals surface area contributed by atoms with E-state index in [4.69, 9.17) is 4.74 Å². The van der Waals surface area contributed by atoms with Crippen LogP contribution in [0.4, 0.5) is 24.7 Å². The molecule has 4 aromatic rings. The number of aromatic nitrogens is 1. The molecule has 9 heteroatoms. The van der Waals surface area contributed by atoms with Gasteiger partial charge >= 0.3 is 12.1 Å². The van der Waals surface area contributed by atoms with Gasteiger partial charge in [0.25, 0.3) is 5.91 Å². The van der Waals surface area contributed by atoms with Crippen molar-refractivity contribution in [2.45, 2.75) is 19.1 Å². The molecular weight excluding hydrogens is 507 g/mol. The molecule has 0 atom stereocenters. The van der Waals surface area contributed by atoms with Crippen molar-refractivity contribution in [2.75, 3.05) is 18.5 Å². The zero-order chi connectivity index (χ0) is 27.7. The van der Waals surface area contributed by atoms with Crippen LogP contribution in [0.15, 0.2) is 103 Å². The molecule has 0 unspecified atom stereocenters. The van der Waals surface area contributed by atoms with Crippen molar-refractivity contribution < 1.29 is 27.5 Å². The number of hydrogen-bond acceptors (Lipinski definition) is 5. The number of rotatable bonds is 10. The third-order valence-electron chi connectivity index (χ3n) is 5.89. The largest absolute Gasteiger partial charge is 0.452 e. The number of benzene rings is 3. The van der Waals surface area contributed by atoms with E-state index in [9.17, 15) is 22.8 Å². The highest BCUT2D eigenvalue weighted by molar-refractivity contribution is 5.96. The Hall–Kier alpha value is -4.66. The van der Waals surface area contributed by atoms with Gasteiger partial charge in [0.15, 0.2) is 6.61 Å². The summed E-state index contributed by atoms with van der Waals surface area (Å²) in [6, 6.07) is 26.7. The fraction of sp³-hybridized carbons (Fsp3) is 0.167. The minimum atomic E-state index is -4.52. The quantitative estimate of drug-likeness (QED) is 0.243. The number of alkyl halides is 3. The van der Waals surface area contributed by atoms with E-state index in [-0.39, 0.29) is 23.0 Å². The van der Waals surface area contributed by atoms with Gasteiger partial charge in [0, 0.05) is 25.0 Å². The van der Waals surface area contributed by atoms with Crippen molar-refractivity contribution in [3.8, 4) is 0 Å². The molecule has 0 saturated carbocycles. The van der Waals surface area contributed by atoms with Crippen LogP contribution in [0, 0.1) is 0 Å². The highest BCUT2D eigenvalue weighted by Crippen LogP contribution is 2.31. The molecule has 39 heavy (non-hydrogen) atoms. The standard InChI is InChI=1S/C30H26F3N3O3/c31-30(32,33)24-13-7-14-25(19-24)35-28-26(15-8-17-34-28)29(38)39-21-27(37)36(20-23-11-5-2-6-12-23)18-16-22-9-3-1-4-10-22/h1-15,17,19H,16,18,20-21H2,(H,34,35). The van der Waals surface area contributed by atoms with Crippen LogP contribution in [0.5, 0.6) is 0 Å². The number of anilines is 2. The molecule has 0 aliphatic heterocycles. The van der Waals surface area contributed by atoms with Crippen LogP contribution in [0.1, 0.15) is 27.0 Å². The molecule has 1 heterocycles. The summed E-state index contributed by atoms with van der Waals surface area (Å²) in [4.78, 5) is 31.7. The molecule has 0 aliphatic rings. The number of amides is 1. The van der Waals surface area contributed by atoms with Gasteiger partial charge < -0.3 is 15.0 Å². The monoisotopic (exact) mass is 533 g/mol. The van der Waals surface area contributed by atoms with Crippen LogP contribution in [0.2, 0.25) is 0 Å². The van der Waals surface area contributed by atoms with Crippen molar-refractivity contribution in [3.05, 3.63) is 126 Å². The van der Waals surface area contributed by atoms with Crippen molar-refractivity contribution >= 4 is 23.4 Å². The van der Waals surface area contributed by atoms with Gasteiger partial charge in [-0.2, -0.15) is 13.2 Å². The normalized spacial score (nSPS) is 11.1. The van der Waals surface area contributed by atoms with E-state index in [0.717, 1.165) is 23.3 Å². The Bertz CT molecular complexity index is 1400. The van der Waals surface area contributed by atoms with Crippen molar-refractivity contribution in [1.29, 1.82) is 0 Å². The first-order valence-electron chi connectivity index (χ1n) is 12.2. The predicted octanol–water partition coefficient (Wildman–Crippen LogP) is 6.27.